The summed E-state index contributed by atoms with van der Waals surface area (Å²) < 4.78 is 26.1. The van der Waals surface area contributed by atoms with E-state index in [0.717, 1.165) is 32.4 Å². The number of carbonyl (C=O) groups is 1. The van der Waals surface area contributed by atoms with Crippen LogP contribution in [0.15, 0.2) is 0 Å². The third-order valence-electron chi connectivity index (χ3n) is 4.11. The Labute approximate surface area is 126 Å². The molecule has 0 aliphatic carbocycles. The lowest BCUT2D eigenvalue weighted by molar-refractivity contribution is -0.133. The smallest absolute Gasteiger partial charge is 0.267 e. The maximum absolute atomic E-state index is 13.1. The zero-order chi connectivity index (χ0) is 15.9. The molecule has 0 aromatic rings. The maximum Gasteiger partial charge on any atom is 0.267 e. The first kappa shape index (κ1) is 18.3. The van der Waals surface area contributed by atoms with E-state index in [1.165, 1.54) is 4.90 Å². The SMILES string of the molecule is CCC(C)CNCCCCC(N)C(=O)N1CCC(F)(F)C1. The average Bonchev–Trinajstić information content (AvgIpc) is 2.81. The second-order valence-corrected chi connectivity index (χ2v) is 6.19. The first-order chi connectivity index (χ1) is 9.85. The highest BCUT2D eigenvalue weighted by Crippen LogP contribution is 2.27. The first-order valence-electron chi connectivity index (χ1n) is 7.98. The molecule has 3 N–H and O–H groups in total. The predicted molar refractivity (Wildman–Crippen MR) is 80.3 cm³/mol. The summed E-state index contributed by atoms with van der Waals surface area (Å²) in [5, 5.41) is 3.37. The van der Waals surface area contributed by atoms with Crippen LogP contribution in [0.4, 0.5) is 8.78 Å². The molecule has 0 saturated carbocycles. The van der Waals surface area contributed by atoms with Crippen molar-refractivity contribution in [1.82, 2.24) is 10.2 Å². The highest BCUT2D eigenvalue weighted by molar-refractivity contribution is 5.81. The molecule has 0 radical (unpaired) electrons. The van der Waals surface area contributed by atoms with Crippen LogP contribution in [0.3, 0.4) is 0 Å². The van der Waals surface area contributed by atoms with E-state index < -0.39 is 18.5 Å². The van der Waals surface area contributed by atoms with E-state index in [9.17, 15) is 13.6 Å². The average molecular weight is 305 g/mol. The minimum absolute atomic E-state index is 0.121. The summed E-state index contributed by atoms with van der Waals surface area (Å²) in [6, 6.07) is -0.645. The molecule has 0 aromatic carbocycles. The van der Waals surface area contributed by atoms with Gasteiger partial charge in [-0.2, -0.15) is 0 Å². The number of hydrogen-bond acceptors (Lipinski definition) is 3. The molecule has 1 rings (SSSR count). The fourth-order valence-corrected chi connectivity index (χ4v) is 2.39. The highest BCUT2D eigenvalue weighted by atomic mass is 19.3. The molecule has 6 heteroatoms. The lowest BCUT2D eigenvalue weighted by Crippen LogP contribution is -2.43. The van der Waals surface area contributed by atoms with Gasteiger partial charge in [-0.1, -0.05) is 26.7 Å². The van der Waals surface area contributed by atoms with Crippen LogP contribution in [0, 0.1) is 5.92 Å². The van der Waals surface area contributed by atoms with Gasteiger partial charge in [-0.25, -0.2) is 8.78 Å². The van der Waals surface area contributed by atoms with Crippen LogP contribution in [0.25, 0.3) is 0 Å². The van der Waals surface area contributed by atoms with Gasteiger partial charge in [-0.3, -0.25) is 4.79 Å². The normalized spacial score (nSPS) is 20.5. The fourth-order valence-electron chi connectivity index (χ4n) is 2.39. The molecule has 1 amide bonds. The number of nitrogens with two attached hydrogens (primary N) is 1. The Kier molecular flexibility index (Phi) is 7.52. The molecule has 1 heterocycles. The number of nitrogens with one attached hydrogen (secondary N) is 1. The number of amides is 1. The molecular formula is C15H29F2N3O. The summed E-state index contributed by atoms with van der Waals surface area (Å²) >= 11 is 0. The largest absolute Gasteiger partial charge is 0.335 e. The summed E-state index contributed by atoms with van der Waals surface area (Å²) in [5.41, 5.74) is 5.81. The molecule has 124 valence electrons. The third kappa shape index (κ3) is 6.70. The van der Waals surface area contributed by atoms with Crippen molar-refractivity contribution in [2.24, 2.45) is 11.7 Å². The minimum Gasteiger partial charge on any atom is -0.335 e. The summed E-state index contributed by atoms with van der Waals surface area (Å²) in [4.78, 5) is 13.1. The van der Waals surface area contributed by atoms with E-state index in [4.69, 9.17) is 5.73 Å². The Morgan fingerprint density at radius 3 is 2.71 bits per heavy atom. The van der Waals surface area contributed by atoms with Crippen molar-refractivity contribution in [3.63, 3.8) is 0 Å². The second kappa shape index (κ2) is 8.63. The van der Waals surface area contributed by atoms with Gasteiger partial charge in [0.1, 0.15) is 0 Å². The molecule has 1 aliphatic rings. The summed E-state index contributed by atoms with van der Waals surface area (Å²) in [6.45, 7) is 5.93. The van der Waals surface area contributed by atoms with Gasteiger partial charge in [-0.15, -0.1) is 0 Å². The van der Waals surface area contributed by atoms with Gasteiger partial charge in [0.25, 0.3) is 5.92 Å². The Balaban J connectivity index is 2.11. The zero-order valence-electron chi connectivity index (χ0n) is 13.2. The van der Waals surface area contributed by atoms with Gasteiger partial charge in [0, 0.05) is 13.0 Å². The van der Waals surface area contributed by atoms with Crippen LogP contribution >= 0.6 is 0 Å². The molecule has 0 spiro atoms. The summed E-state index contributed by atoms with van der Waals surface area (Å²) in [5.74, 6) is -2.40. The van der Waals surface area contributed by atoms with E-state index in [0.29, 0.717) is 12.3 Å². The van der Waals surface area contributed by atoms with E-state index in [1.807, 2.05) is 0 Å². The number of alkyl halides is 2. The van der Waals surface area contributed by atoms with E-state index in [2.05, 4.69) is 19.2 Å². The van der Waals surface area contributed by atoms with Gasteiger partial charge >= 0.3 is 0 Å². The van der Waals surface area contributed by atoms with Crippen LogP contribution in [-0.4, -0.2) is 49.0 Å². The van der Waals surface area contributed by atoms with E-state index in [-0.39, 0.29) is 18.9 Å². The molecule has 2 unspecified atom stereocenters. The number of carbonyl (C=O) groups excluding carboxylic acids is 1. The van der Waals surface area contributed by atoms with Crippen molar-refractivity contribution in [1.29, 1.82) is 0 Å². The first-order valence-corrected chi connectivity index (χ1v) is 7.98. The Bertz CT molecular complexity index is 326. The molecule has 1 fully saturated rings. The summed E-state index contributed by atoms with van der Waals surface area (Å²) in [7, 11) is 0. The lowest BCUT2D eigenvalue weighted by atomic mass is 10.1. The number of halogens is 2. The van der Waals surface area contributed by atoms with Crippen molar-refractivity contribution >= 4 is 5.91 Å². The number of unbranched alkanes of at least 4 members (excludes halogenated alkanes) is 1. The number of hydrogen-bond donors (Lipinski definition) is 2. The third-order valence-corrected chi connectivity index (χ3v) is 4.11. The molecule has 21 heavy (non-hydrogen) atoms. The molecule has 1 aliphatic heterocycles. The van der Waals surface area contributed by atoms with Crippen molar-refractivity contribution in [3.05, 3.63) is 0 Å². The molecule has 0 bridgehead atoms. The minimum atomic E-state index is -2.74. The molecule has 1 saturated heterocycles. The van der Waals surface area contributed by atoms with Gasteiger partial charge in [0.15, 0.2) is 0 Å². The van der Waals surface area contributed by atoms with Crippen molar-refractivity contribution < 1.29 is 13.6 Å². The molecular weight excluding hydrogens is 276 g/mol. The standard InChI is InChI=1S/C15H29F2N3O/c1-3-12(2)10-19-8-5-4-6-13(18)14(21)20-9-7-15(16,17)11-20/h12-13,19H,3-11,18H2,1-2H3. The van der Waals surface area contributed by atoms with Gasteiger partial charge in [0.05, 0.1) is 12.6 Å². The van der Waals surface area contributed by atoms with Crippen LogP contribution in [0.5, 0.6) is 0 Å². The lowest BCUT2D eigenvalue weighted by Gasteiger charge is -2.20. The van der Waals surface area contributed by atoms with Crippen molar-refractivity contribution in [3.8, 4) is 0 Å². The second-order valence-electron chi connectivity index (χ2n) is 6.19. The van der Waals surface area contributed by atoms with Crippen LogP contribution in [0.1, 0.15) is 46.0 Å². The van der Waals surface area contributed by atoms with Crippen molar-refractivity contribution in [2.45, 2.75) is 57.9 Å². The highest BCUT2D eigenvalue weighted by Gasteiger charge is 2.41. The van der Waals surface area contributed by atoms with Gasteiger partial charge in [-0.05, 0) is 31.8 Å². The fraction of sp³-hybridized carbons (Fsp3) is 0.933. The van der Waals surface area contributed by atoms with E-state index >= 15 is 0 Å². The van der Waals surface area contributed by atoms with Crippen molar-refractivity contribution in [2.75, 3.05) is 26.2 Å². The number of rotatable bonds is 9. The van der Waals surface area contributed by atoms with Crippen LogP contribution in [-0.2, 0) is 4.79 Å². The molecule has 4 nitrogen and oxygen atoms in total. The monoisotopic (exact) mass is 305 g/mol. The summed E-state index contributed by atoms with van der Waals surface area (Å²) in [6.07, 6.45) is 3.27. The molecule has 0 aromatic heterocycles. The van der Waals surface area contributed by atoms with Crippen LogP contribution in [0.2, 0.25) is 0 Å². The maximum atomic E-state index is 13.1. The van der Waals surface area contributed by atoms with Crippen LogP contribution < -0.4 is 11.1 Å². The molecule has 2 atom stereocenters. The number of nitrogens with zero attached hydrogens (tertiary/aromatic N) is 1. The predicted octanol–water partition coefficient (Wildman–Crippen LogP) is 1.99. The topological polar surface area (TPSA) is 58.4 Å². The quantitative estimate of drug-likeness (QED) is 0.641. The Hall–Kier alpha value is -0.750. The Morgan fingerprint density at radius 1 is 1.43 bits per heavy atom. The van der Waals surface area contributed by atoms with E-state index in [1.54, 1.807) is 0 Å². The van der Waals surface area contributed by atoms with Gasteiger partial charge in [0.2, 0.25) is 5.91 Å². The number of likely N-dealkylation sites (tertiary alicyclic amines) is 1. The Morgan fingerprint density at radius 2 is 2.14 bits per heavy atom. The van der Waals surface area contributed by atoms with Gasteiger partial charge < -0.3 is 16.0 Å². The zero-order valence-corrected chi connectivity index (χ0v) is 13.2.